The lowest BCUT2D eigenvalue weighted by Crippen LogP contribution is -2.35. The molecule has 1 aromatic carbocycles. The molecule has 0 aliphatic carbocycles. The standard InChI is InChI=1S/C16H22N4O/c1-12(2)20-11-14(10-18-20)19-16(21)15(17)9-8-13-6-4-3-5-7-13/h3-7,10-12,15H,8-9,17H2,1-2H3,(H,19,21)/t15-/m0/s1. The largest absolute Gasteiger partial charge is 0.322 e. The van der Waals surface area contributed by atoms with Crippen LogP contribution in [-0.2, 0) is 11.2 Å². The number of nitrogens with one attached hydrogen (secondary N) is 1. The van der Waals surface area contributed by atoms with E-state index in [1.54, 1.807) is 10.9 Å². The maximum atomic E-state index is 12.0. The number of nitrogens with zero attached hydrogens (tertiary/aromatic N) is 2. The molecular weight excluding hydrogens is 264 g/mol. The van der Waals surface area contributed by atoms with Gasteiger partial charge in [-0.05, 0) is 32.3 Å². The van der Waals surface area contributed by atoms with Crippen LogP contribution in [0.15, 0.2) is 42.7 Å². The van der Waals surface area contributed by atoms with Crippen molar-refractivity contribution in [2.45, 2.75) is 38.8 Å². The Hall–Kier alpha value is -2.14. The van der Waals surface area contributed by atoms with Crippen molar-refractivity contribution in [3.8, 4) is 0 Å². The summed E-state index contributed by atoms with van der Waals surface area (Å²) in [5.41, 5.74) is 7.81. The van der Waals surface area contributed by atoms with Crippen LogP contribution in [0.3, 0.4) is 0 Å². The first-order valence-electron chi connectivity index (χ1n) is 7.21. The molecule has 5 nitrogen and oxygen atoms in total. The SMILES string of the molecule is CC(C)n1cc(NC(=O)[C@@H](N)CCc2ccccc2)cn1. The Morgan fingerprint density at radius 1 is 1.33 bits per heavy atom. The molecule has 1 heterocycles. The summed E-state index contributed by atoms with van der Waals surface area (Å²) in [6.45, 7) is 4.06. The zero-order valence-electron chi connectivity index (χ0n) is 12.5. The third kappa shape index (κ3) is 4.43. The van der Waals surface area contributed by atoms with Gasteiger partial charge in [0.15, 0.2) is 0 Å². The molecule has 2 aromatic rings. The number of anilines is 1. The minimum absolute atomic E-state index is 0.172. The van der Waals surface area contributed by atoms with Crippen molar-refractivity contribution in [3.63, 3.8) is 0 Å². The van der Waals surface area contributed by atoms with Crippen LogP contribution in [0.4, 0.5) is 5.69 Å². The molecule has 0 aliphatic rings. The van der Waals surface area contributed by atoms with Crippen LogP contribution in [0.25, 0.3) is 0 Å². The summed E-state index contributed by atoms with van der Waals surface area (Å²) >= 11 is 0. The van der Waals surface area contributed by atoms with Gasteiger partial charge in [-0.25, -0.2) is 0 Å². The Labute approximate surface area is 125 Å². The molecule has 112 valence electrons. The van der Waals surface area contributed by atoms with Gasteiger partial charge in [0.05, 0.1) is 17.9 Å². The molecule has 1 aromatic heterocycles. The summed E-state index contributed by atoms with van der Waals surface area (Å²) in [6.07, 6.45) is 4.86. The Kier molecular flexibility index (Phi) is 5.11. The Bertz CT molecular complexity index is 577. The molecule has 21 heavy (non-hydrogen) atoms. The second-order valence-electron chi connectivity index (χ2n) is 5.42. The number of carbonyl (C=O) groups excluding carboxylic acids is 1. The van der Waals surface area contributed by atoms with Gasteiger partial charge in [-0.15, -0.1) is 0 Å². The van der Waals surface area contributed by atoms with E-state index in [2.05, 4.69) is 10.4 Å². The minimum Gasteiger partial charge on any atom is -0.322 e. The van der Waals surface area contributed by atoms with E-state index in [0.29, 0.717) is 12.1 Å². The molecule has 0 aliphatic heterocycles. The lowest BCUT2D eigenvalue weighted by atomic mass is 10.1. The van der Waals surface area contributed by atoms with Crippen molar-refractivity contribution >= 4 is 11.6 Å². The number of hydrogen-bond acceptors (Lipinski definition) is 3. The van der Waals surface area contributed by atoms with Crippen molar-refractivity contribution in [2.24, 2.45) is 5.73 Å². The number of amides is 1. The van der Waals surface area contributed by atoms with Crippen LogP contribution in [-0.4, -0.2) is 21.7 Å². The second-order valence-corrected chi connectivity index (χ2v) is 5.42. The van der Waals surface area contributed by atoms with Crippen molar-refractivity contribution in [1.29, 1.82) is 0 Å². The van der Waals surface area contributed by atoms with E-state index in [9.17, 15) is 4.79 Å². The fourth-order valence-electron chi connectivity index (χ4n) is 2.02. The molecule has 1 amide bonds. The average molecular weight is 286 g/mol. The molecule has 0 spiro atoms. The number of nitrogens with two attached hydrogens (primary N) is 1. The van der Waals surface area contributed by atoms with Gasteiger partial charge < -0.3 is 11.1 Å². The summed E-state index contributed by atoms with van der Waals surface area (Å²) in [5, 5.41) is 6.99. The minimum atomic E-state index is -0.521. The van der Waals surface area contributed by atoms with Gasteiger partial charge in [-0.1, -0.05) is 30.3 Å². The molecule has 2 rings (SSSR count). The molecule has 5 heteroatoms. The molecule has 0 fully saturated rings. The van der Waals surface area contributed by atoms with Gasteiger partial charge >= 0.3 is 0 Å². The Morgan fingerprint density at radius 2 is 2.05 bits per heavy atom. The molecule has 0 unspecified atom stereocenters. The predicted molar refractivity (Wildman–Crippen MR) is 84.0 cm³/mol. The van der Waals surface area contributed by atoms with Crippen LogP contribution in [0.1, 0.15) is 31.9 Å². The van der Waals surface area contributed by atoms with Crippen molar-refractivity contribution in [1.82, 2.24) is 9.78 Å². The number of benzene rings is 1. The molecule has 0 radical (unpaired) electrons. The van der Waals surface area contributed by atoms with E-state index in [0.717, 1.165) is 6.42 Å². The highest BCUT2D eigenvalue weighted by Gasteiger charge is 2.14. The summed E-state index contributed by atoms with van der Waals surface area (Å²) in [6, 6.07) is 9.77. The van der Waals surface area contributed by atoms with Crippen LogP contribution >= 0.6 is 0 Å². The molecule has 1 atom stereocenters. The van der Waals surface area contributed by atoms with Crippen molar-refractivity contribution in [3.05, 3.63) is 48.3 Å². The topological polar surface area (TPSA) is 72.9 Å². The fourth-order valence-corrected chi connectivity index (χ4v) is 2.02. The highest BCUT2D eigenvalue weighted by molar-refractivity contribution is 5.94. The lowest BCUT2D eigenvalue weighted by molar-refractivity contribution is -0.117. The number of rotatable bonds is 6. The molecule has 0 saturated heterocycles. The highest BCUT2D eigenvalue weighted by Crippen LogP contribution is 2.11. The number of aryl methyl sites for hydroxylation is 1. The Morgan fingerprint density at radius 3 is 2.67 bits per heavy atom. The zero-order valence-corrected chi connectivity index (χ0v) is 12.5. The molecular formula is C16H22N4O. The van der Waals surface area contributed by atoms with Crippen LogP contribution in [0.5, 0.6) is 0 Å². The predicted octanol–water partition coefficient (Wildman–Crippen LogP) is 2.36. The first kappa shape index (κ1) is 15.3. The summed E-state index contributed by atoms with van der Waals surface area (Å²) in [7, 11) is 0. The third-order valence-electron chi connectivity index (χ3n) is 3.32. The van der Waals surface area contributed by atoms with E-state index in [4.69, 9.17) is 5.73 Å². The van der Waals surface area contributed by atoms with E-state index in [-0.39, 0.29) is 11.9 Å². The van der Waals surface area contributed by atoms with Gasteiger partial charge in [0, 0.05) is 12.2 Å². The first-order chi connectivity index (χ1) is 10.1. The van der Waals surface area contributed by atoms with Crippen LogP contribution < -0.4 is 11.1 Å². The second kappa shape index (κ2) is 7.04. The van der Waals surface area contributed by atoms with Gasteiger partial charge in [0.1, 0.15) is 0 Å². The van der Waals surface area contributed by atoms with Gasteiger partial charge in [0.25, 0.3) is 0 Å². The zero-order chi connectivity index (χ0) is 15.2. The quantitative estimate of drug-likeness (QED) is 0.856. The summed E-state index contributed by atoms with van der Waals surface area (Å²) in [4.78, 5) is 12.0. The third-order valence-corrected chi connectivity index (χ3v) is 3.32. The fraction of sp³-hybridized carbons (Fsp3) is 0.375. The van der Waals surface area contributed by atoms with E-state index < -0.39 is 6.04 Å². The Balaban J connectivity index is 1.84. The van der Waals surface area contributed by atoms with Gasteiger partial charge in [-0.2, -0.15) is 5.10 Å². The van der Waals surface area contributed by atoms with Gasteiger partial charge in [0.2, 0.25) is 5.91 Å². The monoisotopic (exact) mass is 286 g/mol. The molecule has 3 N–H and O–H groups in total. The number of aromatic nitrogens is 2. The smallest absolute Gasteiger partial charge is 0.241 e. The van der Waals surface area contributed by atoms with Crippen LogP contribution in [0.2, 0.25) is 0 Å². The van der Waals surface area contributed by atoms with E-state index in [1.807, 2.05) is 50.4 Å². The molecule has 0 saturated carbocycles. The average Bonchev–Trinajstić information content (AvgIpc) is 2.94. The maximum absolute atomic E-state index is 12.0. The molecule has 0 bridgehead atoms. The van der Waals surface area contributed by atoms with Gasteiger partial charge in [-0.3, -0.25) is 9.48 Å². The number of carbonyl (C=O) groups is 1. The maximum Gasteiger partial charge on any atom is 0.241 e. The summed E-state index contributed by atoms with van der Waals surface area (Å²) < 4.78 is 1.80. The van der Waals surface area contributed by atoms with Crippen molar-refractivity contribution < 1.29 is 4.79 Å². The highest BCUT2D eigenvalue weighted by atomic mass is 16.2. The first-order valence-corrected chi connectivity index (χ1v) is 7.21. The lowest BCUT2D eigenvalue weighted by Gasteiger charge is -2.11. The van der Waals surface area contributed by atoms with Crippen LogP contribution in [0, 0.1) is 0 Å². The number of hydrogen-bond donors (Lipinski definition) is 2. The summed E-state index contributed by atoms with van der Waals surface area (Å²) in [5.74, 6) is -0.172. The van der Waals surface area contributed by atoms with Crippen molar-refractivity contribution in [2.75, 3.05) is 5.32 Å². The van der Waals surface area contributed by atoms with E-state index in [1.165, 1.54) is 5.56 Å². The van der Waals surface area contributed by atoms with E-state index >= 15 is 0 Å². The normalized spacial score (nSPS) is 12.4.